The van der Waals surface area contributed by atoms with Gasteiger partial charge >= 0.3 is 6.18 Å². The van der Waals surface area contributed by atoms with E-state index in [4.69, 9.17) is 0 Å². The van der Waals surface area contributed by atoms with E-state index in [9.17, 15) is 18.0 Å². The highest BCUT2D eigenvalue weighted by Crippen LogP contribution is 2.49. The molecule has 0 saturated heterocycles. The molecule has 0 aliphatic heterocycles. The second kappa shape index (κ2) is 2.84. The van der Waals surface area contributed by atoms with E-state index in [2.05, 4.69) is 0 Å². The lowest BCUT2D eigenvalue weighted by atomic mass is 9.83. The van der Waals surface area contributed by atoms with Crippen LogP contribution in [0.1, 0.15) is 29.3 Å². The summed E-state index contributed by atoms with van der Waals surface area (Å²) in [5.74, 6) is -0.426. The van der Waals surface area contributed by atoms with Crippen LogP contribution in [0, 0.1) is 0 Å². The Hall–Kier alpha value is -1.32. The fraction of sp³-hybridized carbons (Fsp3) is 0.364. The predicted molar refractivity (Wildman–Crippen MR) is 48.8 cm³/mol. The molecular formula is C11H9F3O. The molecule has 0 N–H and O–H groups in total. The highest BCUT2D eigenvalue weighted by molar-refractivity contribution is 6.02. The summed E-state index contributed by atoms with van der Waals surface area (Å²) in [6.07, 6.45) is -4.86. The number of ketones is 1. The predicted octanol–water partition coefficient (Wildman–Crippen LogP) is 3.09. The standard InChI is InChI=1S/C11H9F3O/c1-10(11(12,13)14)6-9(15)7-4-2-3-5-8(7)10/h2-5H,6H2,1H3. The molecule has 1 aromatic rings. The summed E-state index contributed by atoms with van der Waals surface area (Å²) in [7, 11) is 0. The topological polar surface area (TPSA) is 17.1 Å². The Bertz CT molecular complexity index is 422. The number of benzene rings is 1. The molecule has 80 valence electrons. The normalized spacial score (nSPS) is 25.5. The SMILES string of the molecule is CC1(C(F)(F)F)CC(=O)c2ccccc21. The fourth-order valence-electron chi connectivity index (χ4n) is 1.97. The van der Waals surface area contributed by atoms with Gasteiger partial charge in [-0.25, -0.2) is 0 Å². The van der Waals surface area contributed by atoms with Gasteiger partial charge in [0.25, 0.3) is 0 Å². The molecule has 0 radical (unpaired) electrons. The van der Waals surface area contributed by atoms with Crippen LogP contribution < -0.4 is 0 Å². The number of rotatable bonds is 0. The minimum absolute atomic E-state index is 0.0995. The van der Waals surface area contributed by atoms with Crippen molar-refractivity contribution < 1.29 is 18.0 Å². The number of carbonyl (C=O) groups is 1. The largest absolute Gasteiger partial charge is 0.398 e. The van der Waals surface area contributed by atoms with E-state index in [0.29, 0.717) is 0 Å². The first-order chi connectivity index (χ1) is 6.86. The summed E-state index contributed by atoms with van der Waals surface area (Å²) in [5, 5.41) is 0. The fourth-order valence-corrected chi connectivity index (χ4v) is 1.97. The van der Waals surface area contributed by atoms with Crippen molar-refractivity contribution >= 4 is 5.78 Å². The summed E-state index contributed by atoms with van der Waals surface area (Å²) >= 11 is 0. The third-order valence-corrected chi connectivity index (χ3v) is 2.96. The van der Waals surface area contributed by atoms with E-state index in [0.717, 1.165) is 6.92 Å². The molecule has 15 heavy (non-hydrogen) atoms. The van der Waals surface area contributed by atoms with Gasteiger partial charge in [0.1, 0.15) is 0 Å². The molecule has 0 saturated carbocycles. The van der Waals surface area contributed by atoms with Crippen molar-refractivity contribution in [3.05, 3.63) is 35.4 Å². The molecular weight excluding hydrogens is 205 g/mol. The van der Waals surface area contributed by atoms with Crippen LogP contribution in [0.3, 0.4) is 0 Å². The van der Waals surface area contributed by atoms with E-state index >= 15 is 0 Å². The van der Waals surface area contributed by atoms with Crippen LogP contribution in [-0.2, 0) is 5.41 Å². The lowest BCUT2D eigenvalue weighted by Gasteiger charge is -2.27. The van der Waals surface area contributed by atoms with Gasteiger partial charge in [-0.1, -0.05) is 24.3 Å². The number of halogens is 3. The second-order valence-corrected chi connectivity index (χ2v) is 3.98. The van der Waals surface area contributed by atoms with Gasteiger partial charge in [-0.15, -0.1) is 0 Å². The van der Waals surface area contributed by atoms with Crippen molar-refractivity contribution in [2.45, 2.75) is 24.9 Å². The van der Waals surface area contributed by atoms with Crippen LogP contribution in [-0.4, -0.2) is 12.0 Å². The molecule has 1 aliphatic rings. The zero-order valence-electron chi connectivity index (χ0n) is 8.06. The van der Waals surface area contributed by atoms with Crippen LogP contribution >= 0.6 is 0 Å². The quantitative estimate of drug-likeness (QED) is 0.648. The van der Waals surface area contributed by atoms with Crippen molar-refractivity contribution in [2.24, 2.45) is 0 Å². The van der Waals surface area contributed by atoms with Gasteiger partial charge in [-0.3, -0.25) is 4.79 Å². The van der Waals surface area contributed by atoms with Crippen molar-refractivity contribution in [1.29, 1.82) is 0 Å². The average molecular weight is 214 g/mol. The zero-order chi connectivity index (χ0) is 11.3. The molecule has 1 aromatic carbocycles. The summed E-state index contributed by atoms with van der Waals surface area (Å²) in [6, 6.07) is 5.95. The molecule has 1 aliphatic carbocycles. The number of Topliss-reactive ketones (excluding diaryl/α,β-unsaturated/α-hetero) is 1. The Balaban J connectivity index is 2.63. The van der Waals surface area contributed by atoms with E-state index < -0.39 is 23.8 Å². The Kier molecular flexibility index (Phi) is 1.93. The Morgan fingerprint density at radius 3 is 2.47 bits per heavy atom. The minimum Gasteiger partial charge on any atom is -0.294 e. The van der Waals surface area contributed by atoms with Gasteiger partial charge in [0, 0.05) is 12.0 Å². The first-order valence-electron chi connectivity index (χ1n) is 4.56. The van der Waals surface area contributed by atoms with Crippen LogP contribution in [0.25, 0.3) is 0 Å². The Labute approximate surface area is 84.9 Å². The number of hydrogen-bond acceptors (Lipinski definition) is 1. The minimum atomic E-state index is -4.38. The molecule has 0 amide bonds. The monoisotopic (exact) mass is 214 g/mol. The molecule has 1 atom stereocenters. The van der Waals surface area contributed by atoms with Crippen LogP contribution in [0.15, 0.2) is 24.3 Å². The molecule has 2 rings (SSSR count). The Morgan fingerprint density at radius 1 is 1.27 bits per heavy atom. The Morgan fingerprint density at radius 2 is 1.87 bits per heavy atom. The maximum atomic E-state index is 12.8. The first kappa shape index (κ1) is 10.2. The first-order valence-corrected chi connectivity index (χ1v) is 4.56. The molecule has 0 spiro atoms. The maximum Gasteiger partial charge on any atom is 0.398 e. The molecule has 1 nitrogen and oxygen atoms in total. The van der Waals surface area contributed by atoms with E-state index in [1.807, 2.05) is 0 Å². The highest BCUT2D eigenvalue weighted by atomic mass is 19.4. The van der Waals surface area contributed by atoms with E-state index in [-0.39, 0.29) is 11.1 Å². The number of alkyl halides is 3. The third kappa shape index (κ3) is 1.28. The summed E-state index contributed by atoms with van der Waals surface area (Å²) in [5.41, 5.74) is -1.71. The van der Waals surface area contributed by atoms with Gasteiger partial charge in [-0.05, 0) is 12.5 Å². The lowest BCUT2D eigenvalue weighted by molar-refractivity contribution is -0.183. The van der Waals surface area contributed by atoms with Gasteiger partial charge < -0.3 is 0 Å². The van der Waals surface area contributed by atoms with Gasteiger partial charge in [0.2, 0.25) is 0 Å². The van der Waals surface area contributed by atoms with Gasteiger partial charge in [-0.2, -0.15) is 13.2 Å². The molecule has 0 aromatic heterocycles. The average Bonchev–Trinajstić information content (AvgIpc) is 2.41. The van der Waals surface area contributed by atoms with Crippen molar-refractivity contribution in [1.82, 2.24) is 0 Å². The number of fused-ring (bicyclic) bond motifs is 1. The van der Waals surface area contributed by atoms with Crippen LogP contribution in [0.4, 0.5) is 13.2 Å². The maximum absolute atomic E-state index is 12.8. The summed E-state index contributed by atoms with van der Waals surface area (Å²) in [6.45, 7) is 1.08. The van der Waals surface area contributed by atoms with Crippen molar-refractivity contribution in [3.63, 3.8) is 0 Å². The van der Waals surface area contributed by atoms with E-state index in [1.165, 1.54) is 18.2 Å². The number of carbonyl (C=O) groups excluding carboxylic acids is 1. The summed E-state index contributed by atoms with van der Waals surface area (Å²) < 4.78 is 38.5. The van der Waals surface area contributed by atoms with E-state index in [1.54, 1.807) is 6.07 Å². The molecule has 0 bridgehead atoms. The summed E-state index contributed by atoms with van der Waals surface area (Å²) in [4.78, 5) is 11.4. The second-order valence-electron chi connectivity index (χ2n) is 3.98. The molecule has 0 heterocycles. The van der Waals surface area contributed by atoms with Crippen molar-refractivity contribution in [3.8, 4) is 0 Å². The van der Waals surface area contributed by atoms with Gasteiger partial charge in [0.15, 0.2) is 5.78 Å². The molecule has 4 heteroatoms. The lowest BCUT2D eigenvalue weighted by Crippen LogP contribution is -2.37. The highest BCUT2D eigenvalue weighted by Gasteiger charge is 2.57. The zero-order valence-corrected chi connectivity index (χ0v) is 8.06. The molecule has 0 fully saturated rings. The van der Waals surface area contributed by atoms with Crippen molar-refractivity contribution in [2.75, 3.05) is 0 Å². The molecule has 1 unspecified atom stereocenters. The van der Waals surface area contributed by atoms with Gasteiger partial charge in [0.05, 0.1) is 5.41 Å². The van der Waals surface area contributed by atoms with Crippen LogP contribution in [0.2, 0.25) is 0 Å². The smallest absolute Gasteiger partial charge is 0.294 e. The third-order valence-electron chi connectivity index (χ3n) is 2.96. The van der Waals surface area contributed by atoms with Crippen LogP contribution in [0.5, 0.6) is 0 Å². The number of hydrogen-bond donors (Lipinski definition) is 0.